The van der Waals surface area contributed by atoms with Crippen molar-refractivity contribution in [2.45, 2.75) is 6.92 Å². The highest BCUT2D eigenvalue weighted by molar-refractivity contribution is 8.02. The largest absolute Gasteiger partial charge is 0.352 e. The number of hydrogen-bond acceptors (Lipinski definition) is 2. The van der Waals surface area contributed by atoms with Crippen LogP contribution in [0.15, 0.2) is 16.1 Å². The van der Waals surface area contributed by atoms with Crippen LogP contribution >= 0.6 is 11.8 Å². The van der Waals surface area contributed by atoms with Crippen molar-refractivity contribution in [3.8, 4) is 0 Å². The summed E-state index contributed by atoms with van der Waals surface area (Å²) in [5.74, 6) is 0. The third kappa shape index (κ3) is 5.43. The van der Waals surface area contributed by atoms with Crippen LogP contribution in [0.2, 0.25) is 0 Å². The molecule has 9 heavy (non-hydrogen) atoms. The van der Waals surface area contributed by atoms with Crippen LogP contribution in [0.3, 0.4) is 0 Å². The molecular formula is C6H12N2S. The quantitative estimate of drug-likeness (QED) is 0.479. The SMILES string of the molecule is CN=CN/C=C(\C)SC. The Morgan fingerprint density at radius 1 is 1.67 bits per heavy atom. The maximum atomic E-state index is 3.75. The van der Waals surface area contributed by atoms with Gasteiger partial charge in [-0.1, -0.05) is 0 Å². The lowest BCUT2D eigenvalue weighted by Crippen LogP contribution is -1.99. The van der Waals surface area contributed by atoms with E-state index < -0.39 is 0 Å². The highest BCUT2D eigenvalue weighted by atomic mass is 32.2. The Labute approximate surface area is 60.4 Å². The fraction of sp³-hybridized carbons (Fsp3) is 0.500. The van der Waals surface area contributed by atoms with E-state index in [0.717, 1.165) is 0 Å². The van der Waals surface area contributed by atoms with Crippen LogP contribution in [0.25, 0.3) is 0 Å². The van der Waals surface area contributed by atoms with Gasteiger partial charge in [-0.25, -0.2) is 0 Å². The van der Waals surface area contributed by atoms with E-state index in [9.17, 15) is 0 Å². The molecule has 0 spiro atoms. The van der Waals surface area contributed by atoms with Crippen molar-refractivity contribution in [1.82, 2.24) is 5.32 Å². The van der Waals surface area contributed by atoms with Gasteiger partial charge < -0.3 is 5.32 Å². The van der Waals surface area contributed by atoms with Gasteiger partial charge in [0.2, 0.25) is 0 Å². The molecule has 0 amide bonds. The van der Waals surface area contributed by atoms with Crippen LogP contribution in [0, 0.1) is 0 Å². The maximum absolute atomic E-state index is 3.75. The molecule has 0 saturated carbocycles. The van der Waals surface area contributed by atoms with Crippen molar-refractivity contribution in [1.29, 1.82) is 0 Å². The van der Waals surface area contributed by atoms with Gasteiger partial charge in [0.1, 0.15) is 0 Å². The molecule has 0 saturated heterocycles. The number of nitrogens with one attached hydrogen (secondary N) is 1. The summed E-state index contributed by atoms with van der Waals surface area (Å²) in [6, 6.07) is 0. The van der Waals surface area contributed by atoms with Crippen molar-refractivity contribution in [2.75, 3.05) is 13.3 Å². The first kappa shape index (κ1) is 8.56. The Hall–Kier alpha value is -0.440. The minimum absolute atomic E-state index is 1.25. The predicted molar refractivity (Wildman–Crippen MR) is 44.8 cm³/mol. The molecule has 0 atom stereocenters. The average Bonchev–Trinajstić information content (AvgIpc) is 1.89. The maximum Gasteiger partial charge on any atom is 0.0860 e. The number of nitrogens with zero attached hydrogens (tertiary/aromatic N) is 1. The molecule has 0 aromatic rings. The third-order valence-corrected chi connectivity index (χ3v) is 1.57. The summed E-state index contributed by atoms with van der Waals surface area (Å²) in [5, 5.41) is 2.91. The van der Waals surface area contributed by atoms with E-state index in [0.29, 0.717) is 0 Å². The van der Waals surface area contributed by atoms with Gasteiger partial charge in [0.05, 0.1) is 6.34 Å². The van der Waals surface area contributed by atoms with Gasteiger partial charge in [0.15, 0.2) is 0 Å². The van der Waals surface area contributed by atoms with E-state index in [4.69, 9.17) is 0 Å². The molecule has 52 valence electrons. The minimum atomic E-state index is 1.25. The molecule has 1 N–H and O–H groups in total. The van der Waals surface area contributed by atoms with Crippen LogP contribution in [-0.2, 0) is 0 Å². The lowest BCUT2D eigenvalue weighted by Gasteiger charge is -1.92. The van der Waals surface area contributed by atoms with Crippen LogP contribution in [0.1, 0.15) is 6.92 Å². The summed E-state index contributed by atoms with van der Waals surface area (Å²) >= 11 is 1.71. The Morgan fingerprint density at radius 3 is 2.78 bits per heavy atom. The first-order valence-corrected chi connectivity index (χ1v) is 3.91. The first-order valence-electron chi connectivity index (χ1n) is 2.68. The van der Waals surface area contributed by atoms with Gasteiger partial charge in [0, 0.05) is 13.2 Å². The Bertz CT molecular complexity index is 118. The summed E-state index contributed by atoms with van der Waals surface area (Å²) in [4.78, 5) is 5.00. The summed E-state index contributed by atoms with van der Waals surface area (Å²) < 4.78 is 0. The van der Waals surface area contributed by atoms with Gasteiger partial charge in [0.25, 0.3) is 0 Å². The highest BCUT2D eigenvalue weighted by Crippen LogP contribution is 2.06. The lowest BCUT2D eigenvalue weighted by atomic mass is 10.7. The lowest BCUT2D eigenvalue weighted by molar-refractivity contribution is 1.27. The number of aliphatic imine (C=N–C) groups is 1. The van der Waals surface area contributed by atoms with E-state index in [1.165, 1.54) is 4.91 Å². The summed E-state index contributed by atoms with van der Waals surface area (Å²) in [6.07, 6.45) is 5.61. The van der Waals surface area contributed by atoms with Crippen LogP contribution in [-0.4, -0.2) is 19.6 Å². The number of thioether (sulfide) groups is 1. The minimum Gasteiger partial charge on any atom is -0.352 e. The molecule has 0 heterocycles. The van der Waals surface area contributed by atoms with E-state index >= 15 is 0 Å². The Kier molecular flexibility index (Phi) is 5.41. The number of hydrogen-bond donors (Lipinski definition) is 1. The molecule has 0 unspecified atom stereocenters. The predicted octanol–water partition coefficient (Wildman–Crippen LogP) is 1.46. The second-order valence-electron chi connectivity index (χ2n) is 1.51. The Balaban J connectivity index is 3.43. The first-order chi connectivity index (χ1) is 4.31. The fourth-order valence-corrected chi connectivity index (χ4v) is 0.474. The molecule has 0 rings (SSSR count). The second kappa shape index (κ2) is 5.69. The fourth-order valence-electron chi connectivity index (χ4n) is 0.288. The molecule has 0 aliphatic rings. The molecule has 0 aliphatic heterocycles. The van der Waals surface area contributed by atoms with Crippen molar-refractivity contribution in [2.24, 2.45) is 4.99 Å². The van der Waals surface area contributed by atoms with Crippen molar-refractivity contribution in [3.63, 3.8) is 0 Å². The van der Waals surface area contributed by atoms with Crippen LogP contribution in [0.4, 0.5) is 0 Å². The standard InChI is InChI=1S/C6H12N2S/c1-6(9-3)4-8-5-7-2/h4-5H,1-3H3,(H,7,8)/b6-4+. The Morgan fingerprint density at radius 2 is 2.33 bits per heavy atom. The third-order valence-electron chi connectivity index (χ3n) is 0.812. The van der Waals surface area contributed by atoms with Gasteiger partial charge >= 0.3 is 0 Å². The van der Waals surface area contributed by atoms with Gasteiger partial charge in [-0.2, -0.15) is 0 Å². The molecule has 2 nitrogen and oxygen atoms in total. The van der Waals surface area contributed by atoms with Crippen molar-refractivity contribution >= 4 is 18.1 Å². The molecule has 0 bridgehead atoms. The van der Waals surface area contributed by atoms with E-state index in [2.05, 4.69) is 10.3 Å². The van der Waals surface area contributed by atoms with Crippen LogP contribution in [0.5, 0.6) is 0 Å². The van der Waals surface area contributed by atoms with Crippen molar-refractivity contribution < 1.29 is 0 Å². The second-order valence-corrected chi connectivity index (χ2v) is 2.57. The van der Waals surface area contributed by atoms with E-state index in [1.54, 1.807) is 25.1 Å². The zero-order valence-corrected chi connectivity index (χ0v) is 6.83. The molecule has 0 aromatic carbocycles. The summed E-state index contributed by atoms with van der Waals surface area (Å²) in [7, 11) is 1.73. The molecule has 0 fully saturated rings. The van der Waals surface area contributed by atoms with Gasteiger partial charge in [-0.3, -0.25) is 4.99 Å². The zero-order valence-electron chi connectivity index (χ0n) is 6.01. The molecule has 3 heteroatoms. The topological polar surface area (TPSA) is 24.4 Å². The highest BCUT2D eigenvalue weighted by Gasteiger charge is 1.78. The molecule has 0 aromatic heterocycles. The number of rotatable bonds is 3. The summed E-state index contributed by atoms with van der Waals surface area (Å²) in [6.45, 7) is 2.04. The summed E-state index contributed by atoms with van der Waals surface area (Å²) in [5.41, 5.74) is 0. The van der Waals surface area contributed by atoms with Gasteiger partial charge in [-0.15, -0.1) is 11.8 Å². The molecule has 0 radical (unpaired) electrons. The van der Waals surface area contributed by atoms with Crippen LogP contribution < -0.4 is 5.32 Å². The smallest absolute Gasteiger partial charge is 0.0860 e. The average molecular weight is 144 g/mol. The van der Waals surface area contributed by atoms with E-state index in [-0.39, 0.29) is 0 Å². The zero-order chi connectivity index (χ0) is 7.11. The molecule has 0 aliphatic carbocycles. The normalized spacial score (nSPS) is 12.6. The molecular weight excluding hydrogens is 132 g/mol. The number of allylic oxidation sites excluding steroid dienone is 1. The monoisotopic (exact) mass is 144 g/mol. The van der Waals surface area contributed by atoms with Crippen molar-refractivity contribution in [3.05, 3.63) is 11.1 Å². The van der Waals surface area contributed by atoms with Gasteiger partial charge in [-0.05, 0) is 18.1 Å². The van der Waals surface area contributed by atoms with E-state index in [1.807, 2.05) is 19.4 Å².